The highest BCUT2D eigenvalue weighted by Gasteiger charge is 2.26. The van der Waals surface area contributed by atoms with Gasteiger partial charge in [-0.05, 0) is 31.9 Å². The lowest BCUT2D eigenvalue weighted by Gasteiger charge is -2.22. The van der Waals surface area contributed by atoms with E-state index in [1.807, 2.05) is 71.4 Å². The van der Waals surface area contributed by atoms with Crippen molar-refractivity contribution >= 4 is 12.1 Å². The molecule has 0 aliphatic heterocycles. The number of benzene rings is 2. The Kier molecular flexibility index (Phi) is 7.65. The van der Waals surface area contributed by atoms with Crippen molar-refractivity contribution in [3.05, 3.63) is 90.0 Å². The average molecular weight is 436 g/mol. The summed E-state index contributed by atoms with van der Waals surface area (Å²) >= 11 is 0. The average Bonchev–Trinajstić information content (AvgIpc) is 3.18. The van der Waals surface area contributed by atoms with Crippen molar-refractivity contribution in [2.24, 2.45) is 0 Å². The first-order valence-corrected chi connectivity index (χ1v) is 10.5. The largest absolute Gasteiger partial charge is 0.459 e. The number of nitrogens with one attached hydrogen (secondary N) is 1. The maximum absolute atomic E-state index is 12.8. The van der Waals surface area contributed by atoms with Crippen LogP contribution in [0.3, 0.4) is 0 Å². The minimum atomic E-state index is -0.923. The maximum atomic E-state index is 12.8. The minimum absolute atomic E-state index is 0.120. The van der Waals surface area contributed by atoms with Gasteiger partial charge < -0.3 is 19.4 Å². The molecule has 3 aromatic rings. The molecule has 1 heterocycles. The monoisotopic (exact) mass is 435 g/mol. The molecule has 1 aromatic heterocycles. The number of carbonyl (C=O) groups excluding carboxylic acids is 2. The molecule has 1 N–H and O–H groups in total. The van der Waals surface area contributed by atoms with E-state index in [9.17, 15) is 9.59 Å². The SMILES string of the molecule is CC(C)(C)OC(=O)NC(Cc1cn(Cc2ccccc2)cn1)C(=O)OCc1ccccc1. The van der Waals surface area contributed by atoms with Crippen LogP contribution < -0.4 is 5.32 Å². The van der Waals surface area contributed by atoms with Crippen LogP contribution in [0.2, 0.25) is 0 Å². The van der Waals surface area contributed by atoms with E-state index in [2.05, 4.69) is 10.3 Å². The second kappa shape index (κ2) is 10.6. The molecule has 0 radical (unpaired) electrons. The molecule has 7 nitrogen and oxygen atoms in total. The molecule has 0 spiro atoms. The third kappa shape index (κ3) is 7.58. The molecule has 0 fully saturated rings. The highest BCUT2D eigenvalue weighted by atomic mass is 16.6. The van der Waals surface area contributed by atoms with Crippen LogP contribution in [0.15, 0.2) is 73.2 Å². The van der Waals surface area contributed by atoms with E-state index < -0.39 is 23.7 Å². The van der Waals surface area contributed by atoms with Gasteiger partial charge in [-0.25, -0.2) is 14.6 Å². The van der Waals surface area contributed by atoms with Crippen molar-refractivity contribution in [2.75, 3.05) is 0 Å². The molecular formula is C25H29N3O4. The summed E-state index contributed by atoms with van der Waals surface area (Å²) in [5.41, 5.74) is 1.99. The summed E-state index contributed by atoms with van der Waals surface area (Å²) in [5, 5.41) is 2.63. The van der Waals surface area contributed by atoms with Crippen molar-refractivity contribution in [2.45, 2.75) is 52.0 Å². The van der Waals surface area contributed by atoms with Crippen molar-refractivity contribution < 1.29 is 19.1 Å². The maximum Gasteiger partial charge on any atom is 0.408 e. The van der Waals surface area contributed by atoms with Gasteiger partial charge in [-0.15, -0.1) is 0 Å². The molecule has 0 bridgehead atoms. The zero-order valence-electron chi connectivity index (χ0n) is 18.7. The van der Waals surface area contributed by atoms with Crippen molar-refractivity contribution in [1.29, 1.82) is 0 Å². The van der Waals surface area contributed by atoms with E-state index in [0.29, 0.717) is 12.2 Å². The number of esters is 1. The van der Waals surface area contributed by atoms with Crippen LogP contribution in [0.5, 0.6) is 0 Å². The number of nitrogens with zero attached hydrogens (tertiary/aromatic N) is 2. The van der Waals surface area contributed by atoms with Crippen LogP contribution in [-0.2, 0) is 33.8 Å². The Morgan fingerprint density at radius 1 is 1.00 bits per heavy atom. The zero-order valence-corrected chi connectivity index (χ0v) is 18.7. The third-order valence-corrected chi connectivity index (χ3v) is 4.51. The Labute approximate surface area is 188 Å². The van der Waals surface area contributed by atoms with E-state index in [4.69, 9.17) is 9.47 Å². The molecule has 168 valence electrons. The quantitative estimate of drug-likeness (QED) is 0.539. The van der Waals surface area contributed by atoms with E-state index in [0.717, 1.165) is 11.1 Å². The van der Waals surface area contributed by atoms with Gasteiger partial charge in [0.15, 0.2) is 0 Å². The predicted octanol–water partition coefficient (Wildman–Crippen LogP) is 4.11. The van der Waals surface area contributed by atoms with Gasteiger partial charge in [0.1, 0.15) is 18.2 Å². The zero-order chi connectivity index (χ0) is 23.0. The third-order valence-electron chi connectivity index (χ3n) is 4.51. The van der Waals surface area contributed by atoms with Gasteiger partial charge in [0.2, 0.25) is 0 Å². The molecule has 0 saturated carbocycles. The molecule has 7 heteroatoms. The van der Waals surface area contributed by atoms with Crippen LogP contribution in [0.1, 0.15) is 37.6 Å². The molecule has 1 atom stereocenters. The van der Waals surface area contributed by atoms with Crippen LogP contribution in [0, 0.1) is 0 Å². The summed E-state index contributed by atoms with van der Waals surface area (Å²) in [6, 6.07) is 18.5. The van der Waals surface area contributed by atoms with Gasteiger partial charge in [0, 0.05) is 19.2 Å². The topological polar surface area (TPSA) is 82.5 Å². The molecule has 2 aromatic carbocycles. The van der Waals surface area contributed by atoms with Crippen molar-refractivity contribution in [3.63, 3.8) is 0 Å². The van der Waals surface area contributed by atoms with Crippen LogP contribution in [0.4, 0.5) is 4.79 Å². The Morgan fingerprint density at radius 3 is 2.25 bits per heavy atom. The number of aromatic nitrogens is 2. The van der Waals surface area contributed by atoms with Gasteiger partial charge in [0.05, 0.1) is 12.0 Å². The van der Waals surface area contributed by atoms with Crippen molar-refractivity contribution in [1.82, 2.24) is 14.9 Å². The second-order valence-corrected chi connectivity index (χ2v) is 8.52. The van der Waals surface area contributed by atoms with E-state index in [1.165, 1.54) is 0 Å². The van der Waals surface area contributed by atoms with E-state index >= 15 is 0 Å². The summed E-state index contributed by atoms with van der Waals surface area (Å²) < 4.78 is 12.7. The molecule has 0 aliphatic carbocycles. The number of ether oxygens (including phenoxy) is 2. The highest BCUT2D eigenvalue weighted by Crippen LogP contribution is 2.11. The van der Waals surface area contributed by atoms with E-state index in [-0.39, 0.29) is 13.0 Å². The fraction of sp³-hybridized carbons (Fsp3) is 0.320. The number of hydrogen-bond donors (Lipinski definition) is 1. The van der Waals surface area contributed by atoms with Gasteiger partial charge in [0.25, 0.3) is 0 Å². The first-order valence-electron chi connectivity index (χ1n) is 10.5. The number of alkyl carbamates (subject to hydrolysis) is 1. The van der Waals surface area contributed by atoms with Crippen molar-refractivity contribution in [3.8, 4) is 0 Å². The number of carbonyl (C=O) groups is 2. The molecule has 1 unspecified atom stereocenters. The molecule has 1 amide bonds. The Morgan fingerprint density at radius 2 is 1.62 bits per heavy atom. The van der Waals surface area contributed by atoms with Gasteiger partial charge >= 0.3 is 12.1 Å². The fourth-order valence-electron chi connectivity index (χ4n) is 3.07. The molecule has 0 aliphatic rings. The molecule has 3 rings (SSSR count). The Hall–Kier alpha value is -3.61. The van der Waals surface area contributed by atoms with Crippen LogP contribution in [-0.4, -0.2) is 33.3 Å². The standard InChI is InChI=1S/C25H29N3O4/c1-25(2,3)32-24(30)27-22(23(29)31-17-20-12-8-5-9-13-20)14-21-16-28(18-26-21)15-19-10-6-4-7-11-19/h4-13,16,18,22H,14-15,17H2,1-3H3,(H,27,30). The molecule has 0 saturated heterocycles. The normalized spacial score (nSPS) is 12.1. The summed E-state index contributed by atoms with van der Waals surface area (Å²) in [7, 11) is 0. The highest BCUT2D eigenvalue weighted by molar-refractivity contribution is 5.81. The van der Waals surface area contributed by atoms with Gasteiger partial charge in [-0.1, -0.05) is 60.7 Å². The Bertz CT molecular complexity index is 1010. The lowest BCUT2D eigenvalue weighted by atomic mass is 10.1. The molecular weight excluding hydrogens is 406 g/mol. The molecule has 32 heavy (non-hydrogen) atoms. The number of amides is 1. The summed E-state index contributed by atoms with van der Waals surface area (Å²) in [6.07, 6.45) is 3.08. The summed E-state index contributed by atoms with van der Waals surface area (Å²) in [5.74, 6) is -0.544. The number of imidazole rings is 1. The Balaban J connectivity index is 1.67. The predicted molar refractivity (Wildman–Crippen MR) is 121 cm³/mol. The van der Waals surface area contributed by atoms with Gasteiger partial charge in [-0.3, -0.25) is 0 Å². The van der Waals surface area contributed by atoms with Crippen LogP contribution in [0.25, 0.3) is 0 Å². The van der Waals surface area contributed by atoms with Crippen LogP contribution >= 0.6 is 0 Å². The summed E-state index contributed by atoms with van der Waals surface area (Å²) in [6.45, 7) is 6.08. The summed E-state index contributed by atoms with van der Waals surface area (Å²) in [4.78, 5) is 29.5. The van der Waals surface area contributed by atoms with Gasteiger partial charge in [-0.2, -0.15) is 0 Å². The number of rotatable bonds is 8. The lowest BCUT2D eigenvalue weighted by Crippen LogP contribution is -2.45. The lowest BCUT2D eigenvalue weighted by molar-refractivity contribution is -0.147. The smallest absolute Gasteiger partial charge is 0.408 e. The first-order chi connectivity index (χ1) is 15.3. The van der Waals surface area contributed by atoms with E-state index in [1.54, 1.807) is 27.1 Å². The number of hydrogen-bond acceptors (Lipinski definition) is 5. The first kappa shape index (κ1) is 23.1. The fourth-order valence-corrected chi connectivity index (χ4v) is 3.07. The minimum Gasteiger partial charge on any atom is -0.459 e. The second-order valence-electron chi connectivity index (χ2n) is 8.52.